The maximum absolute atomic E-state index is 12.0. The SMILES string of the molecule is N#Cc1ccccc1N1CCNC(CO)C1=O. The Balaban J connectivity index is 2.33. The number of para-hydroxylation sites is 1. The molecule has 2 rings (SSSR count). The van der Waals surface area contributed by atoms with Gasteiger partial charge in [-0.15, -0.1) is 0 Å². The summed E-state index contributed by atoms with van der Waals surface area (Å²) in [7, 11) is 0. The van der Waals surface area contributed by atoms with E-state index in [1.807, 2.05) is 0 Å². The lowest BCUT2D eigenvalue weighted by Gasteiger charge is -2.32. The van der Waals surface area contributed by atoms with Gasteiger partial charge in [-0.2, -0.15) is 5.26 Å². The van der Waals surface area contributed by atoms with E-state index in [1.54, 1.807) is 29.2 Å². The predicted molar refractivity (Wildman–Crippen MR) is 62.4 cm³/mol. The second-order valence-corrected chi connectivity index (χ2v) is 3.81. The minimum absolute atomic E-state index is 0.193. The molecule has 1 fully saturated rings. The van der Waals surface area contributed by atoms with Crippen molar-refractivity contribution in [2.75, 3.05) is 24.6 Å². The van der Waals surface area contributed by atoms with E-state index in [-0.39, 0.29) is 12.5 Å². The van der Waals surface area contributed by atoms with Crippen LogP contribution in [0.3, 0.4) is 0 Å². The minimum Gasteiger partial charge on any atom is -0.394 e. The van der Waals surface area contributed by atoms with Crippen molar-refractivity contribution in [3.05, 3.63) is 29.8 Å². The van der Waals surface area contributed by atoms with Gasteiger partial charge < -0.3 is 15.3 Å². The summed E-state index contributed by atoms with van der Waals surface area (Å²) in [5.41, 5.74) is 1.08. The lowest BCUT2D eigenvalue weighted by Crippen LogP contribution is -2.56. The third kappa shape index (κ3) is 2.13. The highest BCUT2D eigenvalue weighted by atomic mass is 16.3. The highest BCUT2D eigenvalue weighted by Gasteiger charge is 2.29. The number of hydrogen-bond donors (Lipinski definition) is 2. The third-order valence-corrected chi connectivity index (χ3v) is 2.79. The minimum atomic E-state index is -0.574. The van der Waals surface area contributed by atoms with Gasteiger partial charge in [0.05, 0.1) is 17.9 Å². The molecule has 0 saturated carbocycles. The number of carbonyl (C=O) groups is 1. The molecule has 88 valence electrons. The number of nitrogens with one attached hydrogen (secondary N) is 1. The van der Waals surface area contributed by atoms with Gasteiger partial charge in [0.25, 0.3) is 0 Å². The van der Waals surface area contributed by atoms with Crippen molar-refractivity contribution in [3.63, 3.8) is 0 Å². The Morgan fingerprint density at radius 2 is 2.29 bits per heavy atom. The number of carbonyl (C=O) groups excluding carboxylic acids is 1. The summed E-state index contributed by atoms with van der Waals surface area (Å²) in [5.74, 6) is -0.193. The Hall–Kier alpha value is -1.90. The monoisotopic (exact) mass is 231 g/mol. The Kier molecular flexibility index (Phi) is 3.38. The molecule has 1 aromatic rings. The number of hydrogen-bond acceptors (Lipinski definition) is 4. The van der Waals surface area contributed by atoms with Gasteiger partial charge in [0.1, 0.15) is 12.1 Å². The molecule has 0 spiro atoms. The van der Waals surface area contributed by atoms with Gasteiger partial charge in [0, 0.05) is 13.1 Å². The van der Waals surface area contributed by atoms with Crippen LogP contribution < -0.4 is 10.2 Å². The lowest BCUT2D eigenvalue weighted by molar-refractivity contribution is -0.122. The van der Waals surface area contributed by atoms with Crippen LogP contribution in [0.5, 0.6) is 0 Å². The molecule has 1 aliphatic heterocycles. The van der Waals surface area contributed by atoms with Gasteiger partial charge in [-0.05, 0) is 12.1 Å². The predicted octanol–water partition coefficient (Wildman–Crippen LogP) is -0.145. The highest BCUT2D eigenvalue weighted by Crippen LogP contribution is 2.21. The molecule has 1 saturated heterocycles. The quantitative estimate of drug-likeness (QED) is 0.742. The van der Waals surface area contributed by atoms with E-state index < -0.39 is 6.04 Å². The fraction of sp³-hybridized carbons (Fsp3) is 0.333. The van der Waals surface area contributed by atoms with Crippen molar-refractivity contribution in [2.45, 2.75) is 6.04 Å². The number of anilines is 1. The van der Waals surface area contributed by atoms with E-state index in [0.717, 1.165) is 0 Å². The number of nitrogens with zero attached hydrogens (tertiary/aromatic N) is 2. The molecule has 1 heterocycles. The molecule has 2 N–H and O–H groups in total. The van der Waals surface area contributed by atoms with E-state index >= 15 is 0 Å². The largest absolute Gasteiger partial charge is 0.394 e. The molecule has 0 aromatic heterocycles. The van der Waals surface area contributed by atoms with Crippen LogP contribution >= 0.6 is 0 Å². The Bertz CT molecular complexity index is 467. The molecule has 1 atom stereocenters. The normalized spacial score (nSPS) is 20.1. The Labute approximate surface area is 99.3 Å². The second kappa shape index (κ2) is 4.95. The molecule has 1 unspecified atom stereocenters. The van der Waals surface area contributed by atoms with Gasteiger partial charge in [-0.25, -0.2) is 0 Å². The average molecular weight is 231 g/mol. The maximum atomic E-state index is 12.0. The standard InChI is InChI=1S/C12H13N3O2/c13-7-9-3-1-2-4-11(9)15-6-5-14-10(8-16)12(15)17/h1-4,10,14,16H,5-6,8H2. The Morgan fingerprint density at radius 1 is 1.53 bits per heavy atom. The zero-order valence-electron chi connectivity index (χ0n) is 9.26. The molecule has 5 nitrogen and oxygen atoms in total. The summed E-state index contributed by atoms with van der Waals surface area (Å²) in [4.78, 5) is 13.6. The van der Waals surface area contributed by atoms with E-state index in [9.17, 15) is 4.79 Å². The molecule has 1 aliphatic rings. The van der Waals surface area contributed by atoms with Crippen LogP contribution in [0.2, 0.25) is 0 Å². The first kappa shape index (κ1) is 11.6. The molecule has 0 aliphatic carbocycles. The molecule has 0 radical (unpaired) electrons. The van der Waals surface area contributed by atoms with Crippen molar-refractivity contribution in [3.8, 4) is 6.07 Å². The molecular formula is C12H13N3O2. The summed E-state index contributed by atoms with van der Waals surface area (Å²) in [5, 5.41) is 21.0. The number of aliphatic hydroxyl groups is 1. The second-order valence-electron chi connectivity index (χ2n) is 3.81. The fourth-order valence-corrected chi connectivity index (χ4v) is 1.92. The molecule has 5 heteroatoms. The fourth-order valence-electron chi connectivity index (χ4n) is 1.92. The Morgan fingerprint density at radius 3 is 3.00 bits per heavy atom. The number of aliphatic hydroxyl groups excluding tert-OH is 1. The van der Waals surface area contributed by atoms with Gasteiger partial charge in [-0.1, -0.05) is 12.1 Å². The van der Waals surface area contributed by atoms with Crippen LogP contribution in [0.15, 0.2) is 24.3 Å². The zero-order chi connectivity index (χ0) is 12.3. The van der Waals surface area contributed by atoms with E-state index in [4.69, 9.17) is 10.4 Å². The van der Waals surface area contributed by atoms with Gasteiger partial charge in [0.15, 0.2) is 0 Å². The topological polar surface area (TPSA) is 76.4 Å². The number of benzene rings is 1. The summed E-state index contributed by atoms with van der Waals surface area (Å²) in [6, 6.07) is 8.47. The average Bonchev–Trinajstić information content (AvgIpc) is 2.39. The van der Waals surface area contributed by atoms with E-state index in [1.165, 1.54) is 0 Å². The van der Waals surface area contributed by atoms with Gasteiger partial charge in [-0.3, -0.25) is 4.79 Å². The number of rotatable bonds is 2. The van der Waals surface area contributed by atoms with Crippen molar-refractivity contribution < 1.29 is 9.90 Å². The van der Waals surface area contributed by atoms with E-state index in [0.29, 0.717) is 24.3 Å². The first-order valence-corrected chi connectivity index (χ1v) is 5.42. The number of amides is 1. The molecule has 1 amide bonds. The molecule has 0 bridgehead atoms. The summed E-state index contributed by atoms with van der Waals surface area (Å²) in [6.45, 7) is 0.884. The molecule has 1 aromatic carbocycles. The molecule has 17 heavy (non-hydrogen) atoms. The number of nitriles is 1. The van der Waals surface area contributed by atoms with E-state index in [2.05, 4.69) is 11.4 Å². The van der Waals surface area contributed by atoms with Crippen molar-refractivity contribution in [1.82, 2.24) is 5.32 Å². The molecular weight excluding hydrogens is 218 g/mol. The first-order chi connectivity index (χ1) is 8.27. The van der Waals surface area contributed by atoms with Gasteiger partial charge in [0.2, 0.25) is 5.91 Å². The highest BCUT2D eigenvalue weighted by molar-refractivity contribution is 5.99. The maximum Gasteiger partial charge on any atom is 0.246 e. The van der Waals surface area contributed by atoms with Crippen molar-refractivity contribution in [1.29, 1.82) is 5.26 Å². The summed E-state index contributed by atoms with van der Waals surface area (Å²) < 4.78 is 0. The third-order valence-electron chi connectivity index (χ3n) is 2.79. The van der Waals surface area contributed by atoms with Crippen LogP contribution in [0.4, 0.5) is 5.69 Å². The van der Waals surface area contributed by atoms with Gasteiger partial charge >= 0.3 is 0 Å². The van der Waals surface area contributed by atoms with Crippen LogP contribution in [0, 0.1) is 11.3 Å². The zero-order valence-corrected chi connectivity index (χ0v) is 9.26. The van der Waals surface area contributed by atoms with Crippen LogP contribution in [-0.2, 0) is 4.79 Å². The van der Waals surface area contributed by atoms with Crippen LogP contribution in [0.25, 0.3) is 0 Å². The van der Waals surface area contributed by atoms with Crippen LogP contribution in [0.1, 0.15) is 5.56 Å². The van der Waals surface area contributed by atoms with Crippen LogP contribution in [-0.4, -0.2) is 36.8 Å². The summed E-state index contributed by atoms with van der Waals surface area (Å²) >= 11 is 0. The lowest BCUT2D eigenvalue weighted by atomic mass is 10.1. The first-order valence-electron chi connectivity index (χ1n) is 5.42. The number of piperazine rings is 1. The van der Waals surface area contributed by atoms with Crippen molar-refractivity contribution in [2.24, 2.45) is 0 Å². The summed E-state index contributed by atoms with van der Waals surface area (Å²) in [6.07, 6.45) is 0. The van der Waals surface area contributed by atoms with Crippen molar-refractivity contribution >= 4 is 11.6 Å². The smallest absolute Gasteiger partial charge is 0.246 e.